The number of methoxy groups -OCH3 is 1. The van der Waals surface area contributed by atoms with E-state index in [0.29, 0.717) is 46.6 Å². The Kier molecular flexibility index (Phi) is 9.80. The molecule has 2 saturated heterocycles. The van der Waals surface area contributed by atoms with Crippen LogP contribution in [0.5, 0.6) is 5.88 Å². The highest BCUT2D eigenvalue weighted by atomic mass is 32.2. The highest BCUT2D eigenvalue weighted by Gasteiger charge is 2.22. The Labute approximate surface area is 244 Å². The molecule has 4 heterocycles. The van der Waals surface area contributed by atoms with E-state index in [2.05, 4.69) is 25.3 Å². The molecule has 11 nitrogen and oxygen atoms in total. The molecule has 1 amide bonds. The minimum absolute atomic E-state index is 0.00770. The van der Waals surface area contributed by atoms with Gasteiger partial charge in [-0.2, -0.15) is 5.10 Å². The van der Waals surface area contributed by atoms with Crippen LogP contribution in [0.15, 0.2) is 46.4 Å². The SMILES string of the molecule is COCCCS(=O)(=O)c1ccc(C(=NN2CCCC2)C(=O)Nc2nc3ccc(OCCN4CCCC4)nc3s2)cc1. The van der Waals surface area contributed by atoms with Gasteiger partial charge in [0.25, 0.3) is 5.91 Å². The lowest BCUT2D eigenvalue weighted by atomic mass is 10.1. The Bertz CT molecular complexity index is 1460. The predicted octanol–water partition coefficient (Wildman–Crippen LogP) is 3.41. The molecule has 220 valence electrons. The molecule has 1 N–H and O–H groups in total. The van der Waals surface area contributed by atoms with Gasteiger partial charge in [0.1, 0.15) is 17.0 Å². The molecule has 41 heavy (non-hydrogen) atoms. The lowest BCUT2D eigenvalue weighted by Gasteiger charge is -2.14. The number of rotatable bonds is 13. The minimum Gasteiger partial charge on any atom is -0.476 e. The zero-order chi connectivity index (χ0) is 28.7. The van der Waals surface area contributed by atoms with E-state index in [1.54, 1.807) is 25.3 Å². The number of carbonyl (C=O) groups is 1. The van der Waals surface area contributed by atoms with Crippen molar-refractivity contribution in [2.45, 2.75) is 37.0 Å². The van der Waals surface area contributed by atoms with Crippen molar-refractivity contribution < 1.29 is 22.7 Å². The summed E-state index contributed by atoms with van der Waals surface area (Å²) in [5, 5.41) is 9.78. The van der Waals surface area contributed by atoms with E-state index in [4.69, 9.17) is 9.47 Å². The maximum atomic E-state index is 13.5. The van der Waals surface area contributed by atoms with E-state index in [9.17, 15) is 13.2 Å². The highest BCUT2D eigenvalue weighted by molar-refractivity contribution is 7.91. The summed E-state index contributed by atoms with van der Waals surface area (Å²) in [5.74, 6) is 0.104. The summed E-state index contributed by atoms with van der Waals surface area (Å²) in [5.41, 5.74) is 1.39. The van der Waals surface area contributed by atoms with Gasteiger partial charge in [-0.05, 0) is 63.4 Å². The molecule has 13 heteroatoms. The Balaban J connectivity index is 1.29. The van der Waals surface area contributed by atoms with Crippen molar-refractivity contribution in [1.29, 1.82) is 0 Å². The van der Waals surface area contributed by atoms with Gasteiger partial charge in [0.15, 0.2) is 20.7 Å². The number of sulfone groups is 1. The number of hydrazone groups is 1. The molecular formula is C28H36N6O5S2. The van der Waals surface area contributed by atoms with E-state index in [-0.39, 0.29) is 16.4 Å². The second-order valence-corrected chi connectivity index (χ2v) is 13.2. The normalized spacial score (nSPS) is 16.5. The van der Waals surface area contributed by atoms with E-state index in [1.807, 2.05) is 11.1 Å². The average molecular weight is 601 g/mol. The fraction of sp³-hybridized carbons (Fsp3) is 0.500. The molecular weight excluding hydrogens is 564 g/mol. The van der Waals surface area contributed by atoms with Crippen LogP contribution in [0.1, 0.15) is 37.7 Å². The summed E-state index contributed by atoms with van der Waals surface area (Å²) >= 11 is 1.27. The largest absolute Gasteiger partial charge is 0.476 e. The monoisotopic (exact) mass is 600 g/mol. The number of hydrogen-bond acceptors (Lipinski definition) is 11. The van der Waals surface area contributed by atoms with Crippen LogP contribution in [0.4, 0.5) is 5.13 Å². The number of carbonyl (C=O) groups excluding carboxylic acids is 1. The predicted molar refractivity (Wildman–Crippen MR) is 160 cm³/mol. The molecule has 5 rings (SSSR count). The Morgan fingerprint density at radius 1 is 1.00 bits per heavy atom. The molecule has 0 saturated carbocycles. The molecule has 0 radical (unpaired) electrons. The zero-order valence-corrected chi connectivity index (χ0v) is 24.9. The molecule has 0 atom stereocenters. The first-order valence-electron chi connectivity index (χ1n) is 14.0. The second kappa shape index (κ2) is 13.7. The van der Waals surface area contributed by atoms with Gasteiger partial charge >= 0.3 is 0 Å². The number of thiazole rings is 1. The van der Waals surface area contributed by atoms with Gasteiger partial charge in [-0.25, -0.2) is 18.4 Å². The topological polar surface area (TPSA) is 126 Å². The smallest absolute Gasteiger partial charge is 0.278 e. The first-order chi connectivity index (χ1) is 19.9. The fourth-order valence-corrected chi connectivity index (χ4v) is 6.99. The van der Waals surface area contributed by atoms with E-state index in [0.717, 1.165) is 45.6 Å². The fourth-order valence-electron chi connectivity index (χ4n) is 4.88. The third-order valence-electron chi connectivity index (χ3n) is 7.09. The molecule has 0 aliphatic carbocycles. The van der Waals surface area contributed by atoms with Crippen LogP contribution in [0.25, 0.3) is 10.3 Å². The number of anilines is 1. The standard InChI is InChI=1S/C28H36N6O5S2/c1-38-18-6-20-41(36,37)22-9-7-21(8-10-22)25(32-34-15-4-5-16-34)26(35)31-28-29-23-11-12-24(30-27(23)40-28)39-19-17-33-13-2-3-14-33/h7-12H,2-6,13-20H2,1H3,(H,29,31,35). The lowest BCUT2D eigenvalue weighted by molar-refractivity contribution is -0.110. The van der Waals surface area contributed by atoms with Crippen LogP contribution in [0, 0.1) is 0 Å². The molecule has 0 spiro atoms. The Hall–Kier alpha value is -3.13. The number of likely N-dealkylation sites (tertiary alicyclic amines) is 1. The number of aromatic nitrogens is 2. The van der Waals surface area contributed by atoms with Gasteiger partial charge in [0.05, 0.1) is 10.6 Å². The summed E-state index contributed by atoms with van der Waals surface area (Å²) in [4.78, 5) is 25.8. The van der Waals surface area contributed by atoms with Crippen LogP contribution in [0.3, 0.4) is 0 Å². The maximum Gasteiger partial charge on any atom is 0.278 e. The summed E-state index contributed by atoms with van der Waals surface area (Å²) in [7, 11) is -1.91. The van der Waals surface area contributed by atoms with Crippen LogP contribution in [-0.2, 0) is 19.4 Å². The number of ether oxygens (including phenoxy) is 2. The van der Waals surface area contributed by atoms with Gasteiger partial charge in [0.2, 0.25) is 5.88 Å². The number of pyridine rings is 1. The molecule has 2 aliphatic rings. The van der Waals surface area contributed by atoms with Crippen LogP contribution < -0.4 is 10.1 Å². The van der Waals surface area contributed by atoms with Gasteiger partial charge in [-0.3, -0.25) is 20.0 Å². The third kappa shape index (κ3) is 7.79. The molecule has 1 aromatic carbocycles. The number of hydrogen-bond donors (Lipinski definition) is 1. The van der Waals surface area contributed by atoms with Gasteiger partial charge < -0.3 is 9.47 Å². The summed E-state index contributed by atoms with van der Waals surface area (Å²) < 4.78 is 36.2. The summed E-state index contributed by atoms with van der Waals surface area (Å²) in [6.45, 7) is 5.58. The summed E-state index contributed by atoms with van der Waals surface area (Å²) in [6, 6.07) is 9.94. The van der Waals surface area contributed by atoms with E-state index < -0.39 is 15.7 Å². The van der Waals surface area contributed by atoms with Crippen molar-refractivity contribution in [3.05, 3.63) is 42.0 Å². The quantitative estimate of drug-likeness (QED) is 0.232. The second-order valence-electron chi connectivity index (χ2n) is 10.1. The molecule has 2 aliphatic heterocycles. The van der Waals surface area contributed by atoms with Crippen molar-refractivity contribution in [2.24, 2.45) is 5.10 Å². The molecule has 2 fully saturated rings. The molecule has 2 aromatic heterocycles. The number of benzene rings is 1. The third-order valence-corrected chi connectivity index (χ3v) is 9.79. The van der Waals surface area contributed by atoms with Crippen molar-refractivity contribution in [3.8, 4) is 5.88 Å². The number of fused-ring (bicyclic) bond motifs is 1. The van der Waals surface area contributed by atoms with Crippen molar-refractivity contribution in [3.63, 3.8) is 0 Å². The van der Waals surface area contributed by atoms with Crippen molar-refractivity contribution in [2.75, 3.05) is 64.1 Å². The Morgan fingerprint density at radius 2 is 1.73 bits per heavy atom. The van der Waals surface area contributed by atoms with Crippen molar-refractivity contribution >= 4 is 48.3 Å². The number of nitrogens with zero attached hydrogens (tertiary/aromatic N) is 5. The lowest BCUT2D eigenvalue weighted by Crippen LogP contribution is -2.27. The van der Waals surface area contributed by atoms with E-state index >= 15 is 0 Å². The molecule has 0 bridgehead atoms. The van der Waals surface area contributed by atoms with E-state index in [1.165, 1.54) is 36.3 Å². The molecule has 3 aromatic rings. The van der Waals surface area contributed by atoms with Gasteiger partial charge in [-0.15, -0.1) is 0 Å². The number of amides is 1. The maximum absolute atomic E-state index is 13.5. The van der Waals surface area contributed by atoms with Gasteiger partial charge in [-0.1, -0.05) is 23.5 Å². The average Bonchev–Trinajstić information content (AvgIpc) is 3.74. The van der Waals surface area contributed by atoms with Crippen molar-refractivity contribution in [1.82, 2.24) is 19.9 Å². The zero-order valence-electron chi connectivity index (χ0n) is 23.3. The molecule has 0 unspecified atom stereocenters. The van der Waals surface area contributed by atoms with Crippen LogP contribution >= 0.6 is 11.3 Å². The minimum atomic E-state index is -3.45. The first-order valence-corrected chi connectivity index (χ1v) is 16.5. The van der Waals surface area contributed by atoms with Crippen LogP contribution in [0.2, 0.25) is 0 Å². The number of nitrogens with one attached hydrogen (secondary N) is 1. The van der Waals surface area contributed by atoms with Gasteiger partial charge in [0, 0.05) is 45.0 Å². The highest BCUT2D eigenvalue weighted by Crippen LogP contribution is 2.27. The van der Waals surface area contributed by atoms with Crippen LogP contribution in [-0.4, -0.2) is 98.7 Å². The Morgan fingerprint density at radius 3 is 2.46 bits per heavy atom. The first kappa shape index (κ1) is 29.4. The summed E-state index contributed by atoms with van der Waals surface area (Å²) in [6.07, 6.45) is 4.90.